The van der Waals surface area contributed by atoms with Crippen LogP contribution in [0.3, 0.4) is 0 Å². The fourth-order valence-corrected chi connectivity index (χ4v) is 3.08. The van der Waals surface area contributed by atoms with Crippen LogP contribution >= 0.6 is 0 Å². The van der Waals surface area contributed by atoms with Gasteiger partial charge in [0.2, 0.25) is 0 Å². The molecule has 3 aromatic carbocycles. The van der Waals surface area contributed by atoms with E-state index in [1.54, 1.807) is 12.1 Å². The van der Waals surface area contributed by atoms with E-state index in [4.69, 9.17) is 4.74 Å². The van der Waals surface area contributed by atoms with Crippen molar-refractivity contribution < 1.29 is 13.5 Å². The molecule has 0 aliphatic heterocycles. The van der Waals surface area contributed by atoms with Crippen molar-refractivity contribution in [1.29, 1.82) is 0 Å². The Balaban J connectivity index is 1.80. The first-order valence-electron chi connectivity index (χ1n) is 9.47. The summed E-state index contributed by atoms with van der Waals surface area (Å²) in [6.07, 6.45) is 4.18. The number of unbranched alkanes of at least 4 members (excludes halogenated alkanes) is 3. The lowest BCUT2D eigenvalue weighted by molar-refractivity contribution is 0.290. The Morgan fingerprint density at radius 2 is 1.37 bits per heavy atom. The summed E-state index contributed by atoms with van der Waals surface area (Å²) in [5.41, 5.74) is 2.53. The SMILES string of the molecule is CCCCCCOc1ccc(F)c(-c2ccc(-c3ccccc3)cc2)c1F. The zero-order chi connectivity index (χ0) is 19.1. The third-order valence-corrected chi connectivity index (χ3v) is 4.59. The van der Waals surface area contributed by atoms with Gasteiger partial charge in [-0.15, -0.1) is 0 Å². The molecule has 0 N–H and O–H groups in total. The van der Waals surface area contributed by atoms with Crippen LogP contribution in [0.25, 0.3) is 22.3 Å². The molecule has 0 radical (unpaired) electrons. The molecule has 0 saturated carbocycles. The fraction of sp³-hybridized carbons (Fsp3) is 0.250. The highest BCUT2D eigenvalue weighted by atomic mass is 19.1. The Kier molecular flexibility index (Phi) is 6.59. The van der Waals surface area contributed by atoms with Crippen molar-refractivity contribution in [2.45, 2.75) is 32.6 Å². The second kappa shape index (κ2) is 9.31. The lowest BCUT2D eigenvalue weighted by Gasteiger charge is -2.12. The van der Waals surface area contributed by atoms with Crippen molar-refractivity contribution >= 4 is 0 Å². The van der Waals surface area contributed by atoms with Gasteiger partial charge in [-0.05, 0) is 35.2 Å². The Labute approximate surface area is 159 Å². The molecule has 3 heteroatoms. The van der Waals surface area contributed by atoms with Crippen molar-refractivity contribution in [3.05, 3.63) is 78.4 Å². The second-order valence-corrected chi connectivity index (χ2v) is 6.59. The number of halogens is 2. The summed E-state index contributed by atoms with van der Waals surface area (Å²) in [5, 5.41) is 0. The van der Waals surface area contributed by atoms with Gasteiger partial charge in [0.15, 0.2) is 11.6 Å². The smallest absolute Gasteiger partial charge is 0.175 e. The van der Waals surface area contributed by atoms with E-state index in [0.29, 0.717) is 12.2 Å². The minimum atomic E-state index is -0.641. The molecule has 0 atom stereocenters. The quantitative estimate of drug-likeness (QED) is 0.381. The topological polar surface area (TPSA) is 9.23 Å². The number of rotatable bonds is 8. The van der Waals surface area contributed by atoms with E-state index >= 15 is 0 Å². The van der Waals surface area contributed by atoms with Gasteiger partial charge in [0, 0.05) is 0 Å². The average molecular weight is 366 g/mol. The van der Waals surface area contributed by atoms with Crippen molar-refractivity contribution in [3.8, 4) is 28.0 Å². The molecule has 0 saturated heterocycles. The highest BCUT2D eigenvalue weighted by Gasteiger charge is 2.16. The molecule has 27 heavy (non-hydrogen) atoms. The Morgan fingerprint density at radius 3 is 2.07 bits per heavy atom. The van der Waals surface area contributed by atoms with Gasteiger partial charge in [-0.2, -0.15) is 0 Å². The Bertz CT molecular complexity index is 858. The van der Waals surface area contributed by atoms with Crippen molar-refractivity contribution in [2.24, 2.45) is 0 Å². The first-order chi connectivity index (χ1) is 13.2. The second-order valence-electron chi connectivity index (χ2n) is 6.59. The molecule has 3 aromatic rings. The zero-order valence-electron chi connectivity index (χ0n) is 15.6. The van der Waals surface area contributed by atoms with E-state index < -0.39 is 11.6 Å². The van der Waals surface area contributed by atoms with Gasteiger partial charge >= 0.3 is 0 Å². The fourth-order valence-electron chi connectivity index (χ4n) is 3.08. The van der Waals surface area contributed by atoms with Crippen LogP contribution in [0, 0.1) is 11.6 Å². The van der Waals surface area contributed by atoms with Gasteiger partial charge in [-0.1, -0.05) is 80.8 Å². The van der Waals surface area contributed by atoms with E-state index in [0.717, 1.165) is 36.8 Å². The normalized spacial score (nSPS) is 10.8. The molecular weight excluding hydrogens is 342 g/mol. The summed E-state index contributed by atoms with van der Waals surface area (Å²) in [7, 11) is 0. The molecule has 3 rings (SSSR count). The van der Waals surface area contributed by atoms with E-state index in [1.165, 1.54) is 12.1 Å². The summed E-state index contributed by atoms with van der Waals surface area (Å²) < 4.78 is 34.7. The van der Waals surface area contributed by atoms with Gasteiger partial charge in [-0.25, -0.2) is 8.78 Å². The summed E-state index contributed by atoms with van der Waals surface area (Å²) in [4.78, 5) is 0. The van der Waals surface area contributed by atoms with Crippen LogP contribution in [0.15, 0.2) is 66.7 Å². The van der Waals surface area contributed by atoms with Gasteiger partial charge in [0.25, 0.3) is 0 Å². The third-order valence-electron chi connectivity index (χ3n) is 4.59. The molecule has 0 aliphatic rings. The average Bonchev–Trinajstić information content (AvgIpc) is 2.70. The lowest BCUT2D eigenvalue weighted by atomic mass is 9.99. The number of ether oxygens (including phenoxy) is 1. The molecular formula is C24H24F2O. The Morgan fingerprint density at radius 1 is 0.704 bits per heavy atom. The van der Waals surface area contributed by atoms with Crippen LogP contribution in [0.2, 0.25) is 0 Å². The molecule has 0 fully saturated rings. The minimum Gasteiger partial charge on any atom is -0.490 e. The molecule has 0 aliphatic carbocycles. The van der Waals surface area contributed by atoms with E-state index in [1.807, 2.05) is 42.5 Å². The van der Waals surface area contributed by atoms with Crippen LogP contribution < -0.4 is 4.74 Å². The maximum atomic E-state index is 14.9. The first-order valence-corrected chi connectivity index (χ1v) is 9.47. The van der Waals surface area contributed by atoms with Crippen LogP contribution in [0.5, 0.6) is 5.75 Å². The Hall–Kier alpha value is -2.68. The highest BCUT2D eigenvalue weighted by molar-refractivity contribution is 5.72. The molecule has 1 nitrogen and oxygen atoms in total. The third kappa shape index (κ3) is 4.73. The summed E-state index contributed by atoms with van der Waals surface area (Å²) >= 11 is 0. The molecule has 0 spiro atoms. The lowest BCUT2D eigenvalue weighted by Crippen LogP contribution is -2.01. The molecule has 0 unspecified atom stereocenters. The van der Waals surface area contributed by atoms with Crippen molar-refractivity contribution in [3.63, 3.8) is 0 Å². The van der Waals surface area contributed by atoms with Crippen LogP contribution in [-0.2, 0) is 0 Å². The molecule has 0 heterocycles. The van der Waals surface area contributed by atoms with E-state index in [9.17, 15) is 8.78 Å². The number of benzene rings is 3. The van der Waals surface area contributed by atoms with Crippen molar-refractivity contribution in [1.82, 2.24) is 0 Å². The van der Waals surface area contributed by atoms with E-state index in [-0.39, 0.29) is 11.3 Å². The maximum Gasteiger partial charge on any atom is 0.175 e. The summed E-state index contributed by atoms with van der Waals surface area (Å²) in [6.45, 7) is 2.57. The monoisotopic (exact) mass is 366 g/mol. The minimum absolute atomic E-state index is 0.0410. The highest BCUT2D eigenvalue weighted by Crippen LogP contribution is 2.33. The first kappa shape index (κ1) is 19.1. The number of hydrogen-bond donors (Lipinski definition) is 0. The number of hydrogen-bond acceptors (Lipinski definition) is 1. The molecule has 0 amide bonds. The predicted molar refractivity (Wildman–Crippen MR) is 107 cm³/mol. The van der Waals surface area contributed by atoms with Crippen molar-refractivity contribution in [2.75, 3.05) is 6.61 Å². The molecule has 0 bridgehead atoms. The van der Waals surface area contributed by atoms with Crippen LogP contribution in [0.1, 0.15) is 32.6 Å². The van der Waals surface area contributed by atoms with Gasteiger partial charge in [-0.3, -0.25) is 0 Å². The van der Waals surface area contributed by atoms with Gasteiger partial charge in [0.05, 0.1) is 12.2 Å². The zero-order valence-corrected chi connectivity index (χ0v) is 15.6. The molecule has 140 valence electrons. The largest absolute Gasteiger partial charge is 0.490 e. The van der Waals surface area contributed by atoms with E-state index in [2.05, 4.69) is 6.92 Å². The standard InChI is InChI=1S/C24H24F2O/c1-2-3-4-8-17-27-22-16-15-21(25)23(24(22)26)20-13-11-19(12-14-20)18-9-6-5-7-10-18/h5-7,9-16H,2-4,8,17H2,1H3. The predicted octanol–water partition coefficient (Wildman–Crippen LogP) is 7.26. The summed E-state index contributed by atoms with van der Waals surface area (Å²) in [6, 6.07) is 19.8. The summed E-state index contributed by atoms with van der Waals surface area (Å²) in [5.74, 6) is -1.12. The van der Waals surface area contributed by atoms with Gasteiger partial charge < -0.3 is 4.74 Å². The van der Waals surface area contributed by atoms with Crippen LogP contribution in [0.4, 0.5) is 8.78 Å². The molecule has 0 aromatic heterocycles. The van der Waals surface area contributed by atoms with Gasteiger partial charge in [0.1, 0.15) is 5.82 Å². The maximum absolute atomic E-state index is 14.9. The van der Waals surface area contributed by atoms with Crippen LogP contribution in [-0.4, -0.2) is 6.61 Å².